The van der Waals surface area contributed by atoms with Crippen LogP contribution in [0.1, 0.15) is 27.2 Å². The number of para-hydroxylation sites is 2. The standard InChI is InChI=1S/C22H31N5O4/c1-22(2,3)31-21(29)25-11-12-26-16(14-25)13-24-20(26)23-9-6-10-27-17-7-4-5-8-18(17)30-15-19(27)28/h4-5,7-8,16H,6,9-15H2,1-3H3,(H,23,24). The molecule has 9 heteroatoms. The fraction of sp³-hybridized carbons (Fsp3) is 0.591. The molecule has 1 aromatic rings. The first-order chi connectivity index (χ1) is 14.8. The van der Waals surface area contributed by atoms with E-state index in [2.05, 4.69) is 15.2 Å². The van der Waals surface area contributed by atoms with Gasteiger partial charge in [-0.2, -0.15) is 0 Å². The average molecular weight is 430 g/mol. The summed E-state index contributed by atoms with van der Waals surface area (Å²) in [7, 11) is 0. The molecule has 2 amide bonds. The van der Waals surface area contributed by atoms with Crippen molar-refractivity contribution in [1.82, 2.24) is 15.1 Å². The molecule has 0 radical (unpaired) electrons. The number of hydrogen-bond acceptors (Lipinski definition) is 7. The summed E-state index contributed by atoms with van der Waals surface area (Å²) >= 11 is 0. The van der Waals surface area contributed by atoms with E-state index in [9.17, 15) is 9.59 Å². The second-order valence-corrected chi connectivity index (χ2v) is 9.02. The minimum Gasteiger partial charge on any atom is -0.482 e. The van der Waals surface area contributed by atoms with Gasteiger partial charge in [0.25, 0.3) is 5.91 Å². The van der Waals surface area contributed by atoms with Crippen LogP contribution in [-0.2, 0) is 9.53 Å². The first-order valence-corrected chi connectivity index (χ1v) is 10.9. The highest BCUT2D eigenvalue weighted by atomic mass is 16.6. The Kier molecular flexibility index (Phi) is 5.93. The van der Waals surface area contributed by atoms with E-state index in [1.807, 2.05) is 45.0 Å². The number of nitrogens with zero attached hydrogens (tertiary/aromatic N) is 4. The van der Waals surface area contributed by atoms with Gasteiger partial charge in [-0.3, -0.25) is 9.79 Å². The van der Waals surface area contributed by atoms with Crippen molar-refractivity contribution < 1.29 is 19.1 Å². The smallest absolute Gasteiger partial charge is 0.410 e. The number of ether oxygens (including phenoxy) is 2. The molecular formula is C22H31N5O4. The lowest BCUT2D eigenvalue weighted by molar-refractivity contribution is -0.121. The third-order valence-electron chi connectivity index (χ3n) is 5.51. The predicted octanol–water partition coefficient (Wildman–Crippen LogP) is 1.68. The van der Waals surface area contributed by atoms with Crippen LogP contribution >= 0.6 is 0 Å². The van der Waals surface area contributed by atoms with Gasteiger partial charge < -0.3 is 29.5 Å². The van der Waals surface area contributed by atoms with Crippen LogP contribution in [0.2, 0.25) is 0 Å². The van der Waals surface area contributed by atoms with Gasteiger partial charge in [0, 0.05) is 32.7 Å². The van der Waals surface area contributed by atoms with Gasteiger partial charge in [-0.25, -0.2) is 4.79 Å². The largest absolute Gasteiger partial charge is 0.482 e. The number of carbonyl (C=O) groups is 2. The maximum Gasteiger partial charge on any atom is 0.410 e. The molecule has 0 spiro atoms. The van der Waals surface area contributed by atoms with Gasteiger partial charge in [0.15, 0.2) is 12.6 Å². The lowest BCUT2D eigenvalue weighted by Crippen LogP contribution is -2.57. The van der Waals surface area contributed by atoms with E-state index in [1.165, 1.54) is 0 Å². The molecule has 1 N–H and O–H groups in total. The molecule has 168 valence electrons. The molecule has 3 aliphatic heterocycles. The summed E-state index contributed by atoms with van der Waals surface area (Å²) in [4.78, 5) is 35.1. The number of benzene rings is 1. The average Bonchev–Trinajstić information content (AvgIpc) is 3.13. The monoisotopic (exact) mass is 429 g/mol. The van der Waals surface area contributed by atoms with E-state index in [0.717, 1.165) is 30.4 Å². The first kappa shape index (κ1) is 21.3. The Morgan fingerprint density at radius 1 is 1.29 bits per heavy atom. The number of rotatable bonds is 4. The molecule has 0 saturated carbocycles. The first-order valence-electron chi connectivity index (χ1n) is 10.9. The molecule has 3 heterocycles. The van der Waals surface area contributed by atoms with Crippen LogP contribution < -0.4 is 15.0 Å². The van der Waals surface area contributed by atoms with Gasteiger partial charge in [0.05, 0.1) is 18.3 Å². The van der Waals surface area contributed by atoms with E-state index in [-0.39, 0.29) is 24.6 Å². The Morgan fingerprint density at radius 3 is 2.90 bits per heavy atom. The van der Waals surface area contributed by atoms with Crippen LogP contribution in [0, 0.1) is 0 Å². The maximum atomic E-state index is 12.4. The van der Waals surface area contributed by atoms with Crippen molar-refractivity contribution in [3.8, 4) is 5.75 Å². The fourth-order valence-electron chi connectivity index (χ4n) is 4.06. The van der Waals surface area contributed by atoms with Gasteiger partial charge in [-0.15, -0.1) is 0 Å². The molecule has 1 aromatic carbocycles. The van der Waals surface area contributed by atoms with E-state index >= 15 is 0 Å². The summed E-state index contributed by atoms with van der Waals surface area (Å²) in [5.41, 5.74) is 0.338. The lowest BCUT2D eigenvalue weighted by Gasteiger charge is -2.39. The van der Waals surface area contributed by atoms with Crippen molar-refractivity contribution in [3.63, 3.8) is 0 Å². The topological polar surface area (TPSA) is 86.7 Å². The molecule has 4 rings (SSSR count). The van der Waals surface area contributed by atoms with Crippen molar-refractivity contribution in [2.45, 2.75) is 38.8 Å². The zero-order valence-electron chi connectivity index (χ0n) is 18.5. The molecule has 0 bridgehead atoms. The lowest BCUT2D eigenvalue weighted by atomic mass is 10.2. The number of amides is 2. The molecule has 3 aliphatic rings. The van der Waals surface area contributed by atoms with Crippen molar-refractivity contribution >= 4 is 23.6 Å². The van der Waals surface area contributed by atoms with Crippen molar-refractivity contribution in [3.05, 3.63) is 24.3 Å². The molecule has 0 aliphatic carbocycles. The summed E-state index contributed by atoms with van der Waals surface area (Å²) in [6.45, 7) is 9.68. The van der Waals surface area contributed by atoms with Crippen molar-refractivity contribution in [2.75, 3.05) is 50.8 Å². The third kappa shape index (κ3) is 4.86. The third-order valence-corrected chi connectivity index (χ3v) is 5.51. The van der Waals surface area contributed by atoms with Gasteiger partial charge in [0.1, 0.15) is 11.4 Å². The highest BCUT2D eigenvalue weighted by Gasteiger charge is 2.36. The van der Waals surface area contributed by atoms with E-state index < -0.39 is 5.60 Å². The molecule has 1 atom stereocenters. The summed E-state index contributed by atoms with van der Waals surface area (Å²) in [5, 5.41) is 3.41. The van der Waals surface area contributed by atoms with Gasteiger partial charge in [0.2, 0.25) is 0 Å². The van der Waals surface area contributed by atoms with Crippen LogP contribution in [0.3, 0.4) is 0 Å². The number of guanidine groups is 1. The maximum absolute atomic E-state index is 12.4. The van der Waals surface area contributed by atoms with Crippen LogP contribution in [0.4, 0.5) is 10.5 Å². The highest BCUT2D eigenvalue weighted by Crippen LogP contribution is 2.31. The highest BCUT2D eigenvalue weighted by molar-refractivity contribution is 5.97. The normalized spacial score (nSPS) is 20.6. The second kappa shape index (κ2) is 8.64. The summed E-state index contributed by atoms with van der Waals surface area (Å²) in [6.07, 6.45) is 0.533. The Labute approximate surface area is 183 Å². The van der Waals surface area contributed by atoms with E-state index in [4.69, 9.17) is 9.47 Å². The van der Waals surface area contributed by atoms with Crippen LogP contribution in [0.15, 0.2) is 29.3 Å². The zero-order valence-corrected chi connectivity index (χ0v) is 18.5. The number of anilines is 1. The minimum atomic E-state index is -0.491. The van der Waals surface area contributed by atoms with E-state index in [1.54, 1.807) is 9.80 Å². The Morgan fingerprint density at radius 2 is 2.10 bits per heavy atom. The van der Waals surface area contributed by atoms with Crippen molar-refractivity contribution in [2.24, 2.45) is 4.99 Å². The number of carbonyl (C=O) groups excluding carboxylic acids is 2. The van der Waals surface area contributed by atoms with Crippen LogP contribution in [-0.4, -0.2) is 85.3 Å². The van der Waals surface area contributed by atoms with Crippen LogP contribution in [0.5, 0.6) is 5.75 Å². The Balaban J connectivity index is 1.24. The predicted molar refractivity (Wildman–Crippen MR) is 118 cm³/mol. The number of aliphatic imine (C=N–C) groups is 1. The van der Waals surface area contributed by atoms with Crippen molar-refractivity contribution in [1.29, 1.82) is 0 Å². The summed E-state index contributed by atoms with van der Waals surface area (Å²) in [6, 6.07) is 7.80. The number of nitrogens with one attached hydrogen (secondary N) is 1. The number of piperazine rings is 1. The van der Waals surface area contributed by atoms with Gasteiger partial charge in [-0.1, -0.05) is 12.1 Å². The molecule has 1 fully saturated rings. The van der Waals surface area contributed by atoms with E-state index in [0.29, 0.717) is 32.7 Å². The number of fused-ring (bicyclic) bond motifs is 2. The quantitative estimate of drug-likeness (QED) is 0.733. The zero-order chi connectivity index (χ0) is 22.0. The molecule has 31 heavy (non-hydrogen) atoms. The van der Waals surface area contributed by atoms with Gasteiger partial charge >= 0.3 is 6.09 Å². The van der Waals surface area contributed by atoms with Crippen LogP contribution in [0.25, 0.3) is 0 Å². The molecule has 0 aromatic heterocycles. The number of hydrogen-bond donors (Lipinski definition) is 1. The molecule has 1 saturated heterocycles. The summed E-state index contributed by atoms with van der Waals surface area (Å²) in [5.74, 6) is 1.61. The Bertz CT molecular complexity index is 866. The molecule has 9 nitrogen and oxygen atoms in total. The molecule has 1 unspecified atom stereocenters. The molecular weight excluding hydrogens is 398 g/mol. The fourth-order valence-corrected chi connectivity index (χ4v) is 4.06. The minimum absolute atomic E-state index is 0.0183. The second-order valence-electron chi connectivity index (χ2n) is 9.02. The Hall–Kier alpha value is -2.97. The SMILES string of the molecule is CC(C)(C)OC(=O)N1CCN2C(NCCCN3C(=O)COc4ccccc43)=NCC2C1. The van der Waals surface area contributed by atoms with Gasteiger partial charge in [-0.05, 0) is 39.3 Å². The summed E-state index contributed by atoms with van der Waals surface area (Å²) < 4.78 is 11.0.